The minimum absolute atomic E-state index is 0. The van der Waals surface area contributed by atoms with Crippen molar-refractivity contribution in [2.24, 2.45) is 5.73 Å². The van der Waals surface area contributed by atoms with Gasteiger partial charge in [0.1, 0.15) is 5.75 Å². The molecule has 1 aromatic carbocycles. The van der Waals surface area contributed by atoms with Crippen molar-refractivity contribution < 1.29 is 14.6 Å². The minimum Gasteiger partial charge on any atom is -0.507 e. The van der Waals surface area contributed by atoms with Crippen LogP contribution in [0.3, 0.4) is 0 Å². The number of hydrogen-bond acceptors (Lipinski definition) is 4. The van der Waals surface area contributed by atoms with E-state index in [1.54, 1.807) is 26.0 Å². The summed E-state index contributed by atoms with van der Waals surface area (Å²) in [5.74, 6) is -0.316. The summed E-state index contributed by atoms with van der Waals surface area (Å²) in [4.78, 5) is 11.3. The third-order valence-electron chi connectivity index (χ3n) is 2.39. The molecule has 0 fully saturated rings. The Morgan fingerprint density at radius 2 is 2.17 bits per heavy atom. The van der Waals surface area contributed by atoms with Crippen molar-refractivity contribution in [3.63, 3.8) is 0 Å². The van der Waals surface area contributed by atoms with Crippen molar-refractivity contribution in [3.05, 3.63) is 28.3 Å². The number of carbonyl (C=O) groups excluding carboxylic acids is 1. The zero-order valence-corrected chi connectivity index (χ0v) is 11.8. The number of hydrogen-bond donors (Lipinski definition) is 2. The van der Waals surface area contributed by atoms with Crippen LogP contribution in [-0.4, -0.2) is 17.7 Å². The van der Waals surface area contributed by atoms with Gasteiger partial charge in [0.25, 0.3) is 0 Å². The fourth-order valence-electron chi connectivity index (χ4n) is 1.55. The van der Waals surface area contributed by atoms with Crippen LogP contribution in [0.1, 0.15) is 30.5 Å². The van der Waals surface area contributed by atoms with Gasteiger partial charge >= 0.3 is 5.97 Å². The molecule has 4 nitrogen and oxygen atoms in total. The van der Waals surface area contributed by atoms with E-state index < -0.39 is 12.0 Å². The molecule has 0 aliphatic rings. The number of phenolic OH excluding ortho intramolecular Hbond substituents is 1. The quantitative estimate of drug-likeness (QED) is 0.837. The lowest BCUT2D eigenvalue weighted by atomic mass is 10.0. The fourth-order valence-corrected chi connectivity index (χ4v) is 1.83. The molecule has 0 radical (unpaired) electrons. The summed E-state index contributed by atoms with van der Waals surface area (Å²) >= 11 is 5.88. The predicted molar refractivity (Wildman–Crippen MR) is 73.3 cm³/mol. The van der Waals surface area contributed by atoms with Crippen molar-refractivity contribution >= 4 is 30.0 Å². The summed E-state index contributed by atoms with van der Waals surface area (Å²) in [5, 5.41) is 10.3. The van der Waals surface area contributed by atoms with Crippen molar-refractivity contribution in [3.8, 4) is 5.75 Å². The molecule has 0 aliphatic carbocycles. The van der Waals surface area contributed by atoms with E-state index in [0.717, 1.165) is 0 Å². The number of esters is 1. The van der Waals surface area contributed by atoms with E-state index in [2.05, 4.69) is 0 Å². The molecule has 0 spiro atoms. The topological polar surface area (TPSA) is 72.5 Å². The second-order valence-corrected chi connectivity index (χ2v) is 4.21. The zero-order valence-electron chi connectivity index (χ0n) is 10.3. The van der Waals surface area contributed by atoms with Crippen molar-refractivity contribution in [1.29, 1.82) is 0 Å². The molecule has 0 unspecified atom stereocenters. The third-order valence-corrected chi connectivity index (χ3v) is 2.60. The standard InChI is InChI=1S/C12H16ClNO3.ClH/c1-3-17-11(15)6-10(14)9-5-8(13)4-7(2)12(9)16;/h4-5,10,16H,3,6,14H2,1-2H3;1H/t10-;/m0./s1. The molecule has 18 heavy (non-hydrogen) atoms. The molecule has 102 valence electrons. The summed E-state index contributed by atoms with van der Waals surface area (Å²) in [6.45, 7) is 3.76. The number of rotatable bonds is 4. The Labute approximate surface area is 117 Å². The summed E-state index contributed by atoms with van der Waals surface area (Å²) in [5.41, 5.74) is 6.94. The number of nitrogens with two attached hydrogens (primary N) is 1. The van der Waals surface area contributed by atoms with Crippen molar-refractivity contribution in [2.45, 2.75) is 26.3 Å². The van der Waals surface area contributed by atoms with Crippen LogP contribution in [0.5, 0.6) is 5.75 Å². The summed E-state index contributed by atoms with van der Waals surface area (Å²) in [6.07, 6.45) is 0.0151. The molecule has 0 aliphatic heterocycles. The fraction of sp³-hybridized carbons (Fsp3) is 0.417. The highest BCUT2D eigenvalue weighted by molar-refractivity contribution is 6.30. The Balaban J connectivity index is 0.00000289. The number of aryl methyl sites for hydroxylation is 1. The highest BCUT2D eigenvalue weighted by atomic mass is 35.5. The van der Waals surface area contributed by atoms with E-state index in [9.17, 15) is 9.90 Å². The summed E-state index contributed by atoms with van der Waals surface area (Å²) in [7, 11) is 0. The Hall–Kier alpha value is -0.970. The van der Waals surface area contributed by atoms with Gasteiger partial charge in [0.2, 0.25) is 0 Å². The van der Waals surface area contributed by atoms with Gasteiger partial charge < -0.3 is 15.6 Å². The highest BCUT2D eigenvalue weighted by Crippen LogP contribution is 2.31. The lowest BCUT2D eigenvalue weighted by Gasteiger charge is -2.14. The smallest absolute Gasteiger partial charge is 0.307 e. The van der Waals surface area contributed by atoms with Gasteiger partial charge in [-0.05, 0) is 31.5 Å². The Morgan fingerprint density at radius 3 is 2.72 bits per heavy atom. The molecule has 1 atom stereocenters. The Kier molecular flexibility index (Phi) is 7.06. The average molecular weight is 294 g/mol. The zero-order chi connectivity index (χ0) is 13.0. The van der Waals surface area contributed by atoms with Crippen LogP contribution < -0.4 is 5.73 Å². The number of ether oxygens (including phenoxy) is 1. The maximum Gasteiger partial charge on any atom is 0.307 e. The van der Waals surface area contributed by atoms with Gasteiger partial charge in [0.05, 0.1) is 13.0 Å². The molecular formula is C12H17Cl2NO3. The van der Waals surface area contributed by atoms with Gasteiger partial charge in [-0.1, -0.05) is 11.6 Å². The predicted octanol–water partition coefficient (Wildman–Crippen LogP) is 2.73. The molecule has 0 heterocycles. The van der Waals surface area contributed by atoms with E-state index in [0.29, 0.717) is 22.8 Å². The van der Waals surface area contributed by atoms with Crippen LogP contribution >= 0.6 is 24.0 Å². The lowest BCUT2D eigenvalue weighted by Crippen LogP contribution is -2.17. The second kappa shape index (κ2) is 7.46. The largest absolute Gasteiger partial charge is 0.507 e. The first-order valence-corrected chi connectivity index (χ1v) is 5.73. The van der Waals surface area contributed by atoms with Gasteiger partial charge in [-0.2, -0.15) is 0 Å². The van der Waals surface area contributed by atoms with Crippen LogP contribution in [0.15, 0.2) is 12.1 Å². The molecule has 1 rings (SSSR count). The average Bonchev–Trinajstić information content (AvgIpc) is 2.23. The van der Waals surface area contributed by atoms with Crippen LogP contribution in [0.2, 0.25) is 5.02 Å². The molecule has 6 heteroatoms. The van der Waals surface area contributed by atoms with E-state index in [4.69, 9.17) is 22.1 Å². The summed E-state index contributed by atoms with van der Waals surface area (Å²) in [6, 6.07) is 2.58. The van der Waals surface area contributed by atoms with Crippen LogP contribution in [0, 0.1) is 6.92 Å². The summed E-state index contributed by atoms with van der Waals surface area (Å²) < 4.78 is 4.80. The molecular weight excluding hydrogens is 277 g/mol. The molecule has 1 aromatic rings. The highest BCUT2D eigenvalue weighted by Gasteiger charge is 2.17. The SMILES string of the molecule is CCOC(=O)C[C@H](N)c1cc(Cl)cc(C)c1O.Cl. The number of phenols is 1. The Bertz CT molecular complexity index is 424. The van der Waals surface area contributed by atoms with Crippen molar-refractivity contribution in [2.75, 3.05) is 6.61 Å². The second-order valence-electron chi connectivity index (χ2n) is 3.78. The van der Waals surface area contributed by atoms with Gasteiger partial charge in [-0.15, -0.1) is 12.4 Å². The molecule has 0 saturated carbocycles. The molecule has 0 bridgehead atoms. The van der Waals surface area contributed by atoms with Gasteiger partial charge in [0, 0.05) is 16.6 Å². The maximum atomic E-state index is 11.3. The van der Waals surface area contributed by atoms with Crippen LogP contribution in [-0.2, 0) is 9.53 Å². The number of benzene rings is 1. The van der Waals surface area contributed by atoms with Crippen molar-refractivity contribution in [1.82, 2.24) is 0 Å². The van der Waals surface area contributed by atoms with E-state index in [1.807, 2.05) is 0 Å². The third kappa shape index (κ3) is 4.37. The number of carbonyl (C=O) groups is 1. The normalized spacial score (nSPS) is 11.6. The molecule has 0 amide bonds. The van der Waals surface area contributed by atoms with Crippen LogP contribution in [0.25, 0.3) is 0 Å². The van der Waals surface area contributed by atoms with E-state index in [1.165, 1.54) is 0 Å². The van der Waals surface area contributed by atoms with Gasteiger partial charge in [-0.25, -0.2) is 0 Å². The maximum absolute atomic E-state index is 11.3. The number of aromatic hydroxyl groups is 1. The first-order chi connectivity index (χ1) is 7.95. The first kappa shape index (κ1) is 17.0. The van der Waals surface area contributed by atoms with Gasteiger partial charge in [-0.3, -0.25) is 4.79 Å². The molecule has 0 saturated heterocycles. The van der Waals surface area contributed by atoms with E-state index >= 15 is 0 Å². The lowest BCUT2D eigenvalue weighted by molar-refractivity contribution is -0.143. The first-order valence-electron chi connectivity index (χ1n) is 5.36. The molecule has 0 aromatic heterocycles. The van der Waals surface area contributed by atoms with E-state index in [-0.39, 0.29) is 24.6 Å². The van der Waals surface area contributed by atoms with Gasteiger partial charge in [0.15, 0.2) is 0 Å². The monoisotopic (exact) mass is 293 g/mol. The number of halogens is 2. The Morgan fingerprint density at radius 1 is 1.56 bits per heavy atom. The minimum atomic E-state index is -0.619. The van der Waals surface area contributed by atoms with Crippen LogP contribution in [0.4, 0.5) is 0 Å². The molecule has 3 N–H and O–H groups in total.